The van der Waals surface area contributed by atoms with E-state index in [2.05, 4.69) is 16.0 Å². The molecule has 7 heteroatoms. The molecule has 1 amide bonds. The summed E-state index contributed by atoms with van der Waals surface area (Å²) in [4.78, 5) is 13.3. The average molecular weight is 302 g/mol. The largest absolute Gasteiger partial charge is 0.444 e. The molecule has 2 saturated heterocycles. The molecule has 4 N–H and O–H groups in total. The SMILES string of the molecule is C1CNCCN1.CC(C)(C)OC(=O)N1CCNC[C@H]1CO. The Labute approximate surface area is 127 Å². The molecule has 124 valence electrons. The highest BCUT2D eigenvalue weighted by Crippen LogP contribution is 2.12. The van der Waals surface area contributed by atoms with Crippen LogP contribution in [0.2, 0.25) is 0 Å². The van der Waals surface area contributed by atoms with E-state index >= 15 is 0 Å². The van der Waals surface area contributed by atoms with E-state index in [1.165, 1.54) is 0 Å². The van der Waals surface area contributed by atoms with Crippen molar-refractivity contribution in [3.05, 3.63) is 0 Å². The van der Waals surface area contributed by atoms with Gasteiger partial charge in [0.2, 0.25) is 0 Å². The van der Waals surface area contributed by atoms with Gasteiger partial charge in [-0.15, -0.1) is 0 Å². The van der Waals surface area contributed by atoms with Gasteiger partial charge in [-0.05, 0) is 20.8 Å². The summed E-state index contributed by atoms with van der Waals surface area (Å²) in [6.07, 6.45) is -0.344. The fourth-order valence-electron chi connectivity index (χ4n) is 2.09. The topological polar surface area (TPSA) is 85.9 Å². The summed E-state index contributed by atoms with van der Waals surface area (Å²) < 4.78 is 5.26. The highest BCUT2D eigenvalue weighted by atomic mass is 16.6. The fourth-order valence-corrected chi connectivity index (χ4v) is 2.09. The first-order valence-corrected chi connectivity index (χ1v) is 7.66. The van der Waals surface area contributed by atoms with Gasteiger partial charge in [0.25, 0.3) is 0 Å². The van der Waals surface area contributed by atoms with E-state index in [9.17, 15) is 4.79 Å². The first-order chi connectivity index (χ1) is 9.94. The van der Waals surface area contributed by atoms with Crippen molar-refractivity contribution in [2.45, 2.75) is 32.4 Å². The normalized spacial score (nSPS) is 23.0. The Morgan fingerprint density at radius 1 is 1.14 bits per heavy atom. The Kier molecular flexibility index (Phi) is 7.95. The molecule has 0 aliphatic carbocycles. The number of aliphatic hydroxyl groups excluding tert-OH is 1. The molecule has 2 aliphatic rings. The van der Waals surface area contributed by atoms with Crippen LogP contribution in [0.25, 0.3) is 0 Å². The van der Waals surface area contributed by atoms with Crippen LogP contribution in [0.5, 0.6) is 0 Å². The third-order valence-electron chi connectivity index (χ3n) is 3.15. The predicted molar refractivity (Wildman–Crippen MR) is 82.4 cm³/mol. The van der Waals surface area contributed by atoms with Gasteiger partial charge in [0, 0.05) is 45.8 Å². The lowest BCUT2D eigenvalue weighted by atomic mass is 10.2. The van der Waals surface area contributed by atoms with Gasteiger partial charge < -0.3 is 30.7 Å². The van der Waals surface area contributed by atoms with E-state index in [0.29, 0.717) is 13.1 Å². The van der Waals surface area contributed by atoms with Crippen LogP contribution in [0.15, 0.2) is 0 Å². The summed E-state index contributed by atoms with van der Waals surface area (Å²) in [5.74, 6) is 0. The van der Waals surface area contributed by atoms with Crippen LogP contribution < -0.4 is 16.0 Å². The number of carbonyl (C=O) groups is 1. The van der Waals surface area contributed by atoms with Crippen molar-refractivity contribution in [3.8, 4) is 0 Å². The van der Waals surface area contributed by atoms with Crippen LogP contribution in [0, 0.1) is 0 Å². The third-order valence-corrected chi connectivity index (χ3v) is 3.15. The molecule has 1 atom stereocenters. The molecule has 0 radical (unpaired) electrons. The highest BCUT2D eigenvalue weighted by molar-refractivity contribution is 5.68. The molecule has 0 aromatic heterocycles. The molecule has 0 unspecified atom stereocenters. The van der Waals surface area contributed by atoms with Gasteiger partial charge in [-0.25, -0.2) is 4.79 Å². The maximum Gasteiger partial charge on any atom is 0.410 e. The van der Waals surface area contributed by atoms with Gasteiger partial charge in [0.15, 0.2) is 0 Å². The number of nitrogens with one attached hydrogen (secondary N) is 3. The Bertz CT molecular complexity index is 292. The van der Waals surface area contributed by atoms with Gasteiger partial charge in [-0.1, -0.05) is 0 Å². The maximum absolute atomic E-state index is 11.7. The second-order valence-electron chi connectivity index (χ2n) is 6.21. The molecular weight excluding hydrogens is 272 g/mol. The van der Waals surface area contributed by atoms with Gasteiger partial charge in [0.1, 0.15) is 5.60 Å². The van der Waals surface area contributed by atoms with Crippen LogP contribution in [-0.2, 0) is 4.74 Å². The smallest absolute Gasteiger partial charge is 0.410 e. The lowest BCUT2D eigenvalue weighted by Gasteiger charge is -2.36. The van der Waals surface area contributed by atoms with Crippen LogP contribution in [0.1, 0.15) is 20.8 Å². The molecule has 2 aliphatic heterocycles. The third kappa shape index (κ3) is 7.61. The molecule has 0 aromatic rings. The maximum atomic E-state index is 11.7. The average Bonchev–Trinajstić information content (AvgIpc) is 2.48. The molecular formula is C14H30N4O3. The Morgan fingerprint density at radius 3 is 2.14 bits per heavy atom. The highest BCUT2D eigenvalue weighted by Gasteiger charge is 2.29. The van der Waals surface area contributed by atoms with Crippen molar-refractivity contribution in [3.63, 3.8) is 0 Å². The molecule has 2 fully saturated rings. The standard InChI is InChI=1S/C10H20N2O3.C4H10N2/c1-10(2,3)15-9(14)12-5-4-11-6-8(12)7-13;1-2-6-4-3-5-1/h8,11,13H,4-7H2,1-3H3;5-6H,1-4H2/t8-;/m0./s1. The minimum absolute atomic E-state index is 0.0355. The second-order valence-corrected chi connectivity index (χ2v) is 6.21. The summed E-state index contributed by atoms with van der Waals surface area (Å²) >= 11 is 0. The van der Waals surface area contributed by atoms with Crippen molar-refractivity contribution in [2.75, 3.05) is 52.4 Å². The quantitative estimate of drug-likeness (QED) is 0.516. The van der Waals surface area contributed by atoms with Gasteiger partial charge >= 0.3 is 6.09 Å². The summed E-state index contributed by atoms with van der Waals surface area (Å²) in [6, 6.07) is -0.173. The number of amides is 1. The predicted octanol–water partition coefficient (Wildman–Crippen LogP) is -0.633. The number of nitrogens with zero attached hydrogens (tertiary/aromatic N) is 1. The lowest BCUT2D eigenvalue weighted by Crippen LogP contribution is -2.56. The number of carbonyl (C=O) groups excluding carboxylic acids is 1. The van der Waals surface area contributed by atoms with Crippen molar-refractivity contribution in [1.82, 2.24) is 20.9 Å². The van der Waals surface area contributed by atoms with Crippen LogP contribution in [0.3, 0.4) is 0 Å². The van der Waals surface area contributed by atoms with E-state index < -0.39 is 5.60 Å². The minimum Gasteiger partial charge on any atom is -0.444 e. The molecule has 2 heterocycles. The number of hydrogen-bond acceptors (Lipinski definition) is 6. The van der Waals surface area contributed by atoms with E-state index in [0.717, 1.165) is 32.7 Å². The van der Waals surface area contributed by atoms with E-state index in [1.807, 2.05) is 20.8 Å². The zero-order chi connectivity index (χ0) is 15.7. The van der Waals surface area contributed by atoms with Crippen LogP contribution >= 0.6 is 0 Å². The Hall–Kier alpha value is -0.890. The lowest BCUT2D eigenvalue weighted by molar-refractivity contribution is 0.00465. The molecule has 7 nitrogen and oxygen atoms in total. The molecule has 0 spiro atoms. The molecule has 21 heavy (non-hydrogen) atoms. The van der Waals surface area contributed by atoms with Gasteiger partial charge in [-0.3, -0.25) is 0 Å². The van der Waals surface area contributed by atoms with Crippen LogP contribution in [-0.4, -0.2) is 80.2 Å². The van der Waals surface area contributed by atoms with E-state index in [1.54, 1.807) is 4.90 Å². The van der Waals surface area contributed by atoms with E-state index in [-0.39, 0.29) is 18.7 Å². The van der Waals surface area contributed by atoms with Crippen molar-refractivity contribution < 1.29 is 14.6 Å². The first kappa shape index (κ1) is 18.2. The van der Waals surface area contributed by atoms with Gasteiger partial charge in [0.05, 0.1) is 12.6 Å². The minimum atomic E-state index is -0.484. The molecule has 2 rings (SSSR count). The Balaban J connectivity index is 0.000000304. The molecule has 0 aromatic carbocycles. The van der Waals surface area contributed by atoms with Crippen molar-refractivity contribution in [1.29, 1.82) is 0 Å². The second kappa shape index (κ2) is 9.19. The number of aliphatic hydroxyl groups is 1. The summed E-state index contributed by atoms with van der Waals surface area (Å²) in [5.41, 5.74) is -0.484. The number of ether oxygens (including phenoxy) is 1. The molecule has 0 bridgehead atoms. The number of piperazine rings is 2. The van der Waals surface area contributed by atoms with E-state index in [4.69, 9.17) is 9.84 Å². The zero-order valence-corrected chi connectivity index (χ0v) is 13.4. The van der Waals surface area contributed by atoms with Crippen molar-refractivity contribution >= 4 is 6.09 Å². The zero-order valence-electron chi connectivity index (χ0n) is 13.4. The fraction of sp³-hybridized carbons (Fsp3) is 0.929. The number of rotatable bonds is 1. The summed E-state index contributed by atoms with van der Waals surface area (Å²) in [5, 5.41) is 18.7. The summed E-state index contributed by atoms with van der Waals surface area (Å²) in [7, 11) is 0. The monoisotopic (exact) mass is 302 g/mol. The first-order valence-electron chi connectivity index (χ1n) is 7.66. The van der Waals surface area contributed by atoms with Crippen molar-refractivity contribution in [2.24, 2.45) is 0 Å². The van der Waals surface area contributed by atoms with Crippen LogP contribution in [0.4, 0.5) is 4.79 Å². The molecule has 0 saturated carbocycles. The summed E-state index contributed by atoms with van der Waals surface area (Å²) in [6.45, 7) is 12.0. The number of hydrogen-bond donors (Lipinski definition) is 4. The Morgan fingerprint density at radius 2 is 1.71 bits per heavy atom. The van der Waals surface area contributed by atoms with Gasteiger partial charge in [-0.2, -0.15) is 0 Å².